The summed E-state index contributed by atoms with van der Waals surface area (Å²) in [7, 11) is 0. The molecule has 0 aromatic carbocycles. The number of nitrogens with zero attached hydrogens (tertiary/aromatic N) is 3. The van der Waals surface area contributed by atoms with Gasteiger partial charge in [-0.05, 0) is 52.3 Å². The number of nitrogens with two attached hydrogens (primary N) is 1. The van der Waals surface area contributed by atoms with E-state index in [1.807, 2.05) is 12.2 Å². The molecule has 1 atom stereocenters. The van der Waals surface area contributed by atoms with Crippen LogP contribution in [0.5, 0.6) is 0 Å². The van der Waals surface area contributed by atoms with Crippen LogP contribution < -0.4 is 11.1 Å². The Bertz CT molecular complexity index is 518. The summed E-state index contributed by atoms with van der Waals surface area (Å²) in [6, 6.07) is 1.25. The van der Waals surface area contributed by atoms with Gasteiger partial charge in [-0.3, -0.25) is 10.3 Å². The van der Waals surface area contributed by atoms with Gasteiger partial charge in [-0.2, -0.15) is 0 Å². The largest absolute Gasteiger partial charge is 0.386 e. The first-order chi connectivity index (χ1) is 12.0. The smallest absolute Gasteiger partial charge is 0.118 e. The second-order valence-electron chi connectivity index (χ2n) is 7.75. The number of likely N-dealkylation sites (tertiary alicyclic amines) is 1. The summed E-state index contributed by atoms with van der Waals surface area (Å²) in [5.74, 6) is 1.29. The van der Waals surface area contributed by atoms with Gasteiger partial charge in [-0.25, -0.2) is 0 Å². The molecule has 0 saturated carbocycles. The normalized spacial score (nSPS) is 27.1. The molecule has 0 amide bonds. The van der Waals surface area contributed by atoms with E-state index in [0.717, 1.165) is 31.5 Å². The Morgan fingerprint density at radius 3 is 2.60 bits per heavy atom. The summed E-state index contributed by atoms with van der Waals surface area (Å²) in [6.45, 7) is 11.5. The van der Waals surface area contributed by atoms with Gasteiger partial charge in [0.2, 0.25) is 0 Å². The molecule has 6 nitrogen and oxygen atoms in total. The molecule has 140 valence electrons. The number of hydrogen-bond donors (Lipinski definition) is 3. The molecule has 0 aromatic rings. The number of hydrogen-bond acceptors (Lipinski definition) is 5. The van der Waals surface area contributed by atoms with Gasteiger partial charge in [0.1, 0.15) is 17.7 Å². The first-order valence-electron chi connectivity index (χ1n) is 9.76. The highest BCUT2D eigenvalue weighted by molar-refractivity contribution is 5.85. The summed E-state index contributed by atoms with van der Waals surface area (Å²) < 4.78 is 0. The Balaban J connectivity index is 1.52. The van der Waals surface area contributed by atoms with Gasteiger partial charge in [0.15, 0.2) is 0 Å². The van der Waals surface area contributed by atoms with E-state index in [-0.39, 0.29) is 11.9 Å². The van der Waals surface area contributed by atoms with E-state index < -0.39 is 0 Å². The molecule has 3 heterocycles. The van der Waals surface area contributed by atoms with Gasteiger partial charge in [-0.1, -0.05) is 12.2 Å². The highest BCUT2D eigenvalue weighted by Crippen LogP contribution is 2.21. The van der Waals surface area contributed by atoms with Crippen molar-refractivity contribution < 1.29 is 0 Å². The Morgan fingerprint density at radius 2 is 1.92 bits per heavy atom. The van der Waals surface area contributed by atoms with Crippen molar-refractivity contribution in [1.82, 2.24) is 20.0 Å². The van der Waals surface area contributed by atoms with Crippen molar-refractivity contribution >= 4 is 5.84 Å². The fraction of sp³-hybridized carbons (Fsp3) is 0.737. The first-order valence-corrected chi connectivity index (χ1v) is 9.76. The fourth-order valence-electron chi connectivity index (χ4n) is 4.20. The van der Waals surface area contributed by atoms with E-state index in [0.29, 0.717) is 6.04 Å². The van der Waals surface area contributed by atoms with E-state index >= 15 is 0 Å². The maximum atomic E-state index is 7.65. The van der Waals surface area contributed by atoms with Gasteiger partial charge in [0.25, 0.3) is 0 Å². The lowest BCUT2D eigenvalue weighted by molar-refractivity contribution is 0.0946. The molecule has 2 saturated heterocycles. The monoisotopic (exact) mass is 346 g/mol. The second-order valence-corrected chi connectivity index (χ2v) is 7.75. The molecule has 3 aliphatic heterocycles. The number of piperidine rings is 1. The molecule has 0 bridgehead atoms. The van der Waals surface area contributed by atoms with Crippen LogP contribution in [0, 0.1) is 5.41 Å². The molecule has 3 aliphatic rings. The van der Waals surface area contributed by atoms with E-state index in [1.165, 1.54) is 38.9 Å². The maximum absolute atomic E-state index is 7.65. The SMILES string of the molecule is CC(C)N1CCC(N2CCCN(C3=CC=CC(C(=N)N)N3)CC2)CC1. The van der Waals surface area contributed by atoms with Crippen LogP contribution in [0.3, 0.4) is 0 Å². The van der Waals surface area contributed by atoms with E-state index in [2.05, 4.69) is 39.9 Å². The third-order valence-electron chi connectivity index (χ3n) is 5.81. The average molecular weight is 347 g/mol. The fourth-order valence-corrected chi connectivity index (χ4v) is 4.20. The summed E-state index contributed by atoms with van der Waals surface area (Å²) in [5.41, 5.74) is 5.65. The summed E-state index contributed by atoms with van der Waals surface area (Å²) in [6.07, 6.45) is 9.86. The quantitative estimate of drug-likeness (QED) is 0.527. The Labute approximate surface area is 152 Å². The van der Waals surface area contributed by atoms with Crippen LogP contribution in [-0.4, -0.2) is 77.9 Å². The van der Waals surface area contributed by atoms with E-state index in [1.54, 1.807) is 0 Å². The van der Waals surface area contributed by atoms with Crippen molar-refractivity contribution in [2.24, 2.45) is 5.73 Å². The van der Waals surface area contributed by atoms with Crippen LogP contribution in [0.2, 0.25) is 0 Å². The van der Waals surface area contributed by atoms with Crippen molar-refractivity contribution in [1.29, 1.82) is 5.41 Å². The zero-order valence-electron chi connectivity index (χ0n) is 15.7. The van der Waals surface area contributed by atoms with Crippen molar-refractivity contribution in [2.45, 2.75) is 51.2 Å². The van der Waals surface area contributed by atoms with Crippen LogP contribution in [0.4, 0.5) is 0 Å². The zero-order chi connectivity index (χ0) is 17.8. The molecular formula is C19H34N6. The van der Waals surface area contributed by atoms with Crippen molar-refractivity contribution in [3.8, 4) is 0 Å². The first kappa shape index (κ1) is 18.3. The highest BCUT2D eigenvalue weighted by atomic mass is 15.3. The predicted octanol–water partition coefficient (Wildman–Crippen LogP) is 1.17. The molecule has 1 unspecified atom stereocenters. The highest BCUT2D eigenvalue weighted by Gasteiger charge is 2.28. The lowest BCUT2D eigenvalue weighted by Gasteiger charge is -2.39. The lowest BCUT2D eigenvalue weighted by Crippen LogP contribution is -2.48. The van der Waals surface area contributed by atoms with Crippen molar-refractivity contribution in [3.63, 3.8) is 0 Å². The Morgan fingerprint density at radius 1 is 1.16 bits per heavy atom. The molecule has 3 rings (SSSR count). The minimum atomic E-state index is -0.167. The molecule has 0 aromatic heterocycles. The van der Waals surface area contributed by atoms with Crippen LogP contribution in [0.1, 0.15) is 33.1 Å². The molecule has 2 fully saturated rings. The van der Waals surface area contributed by atoms with Gasteiger partial charge in [0.05, 0.1) is 0 Å². The number of nitrogens with one attached hydrogen (secondary N) is 2. The third-order valence-corrected chi connectivity index (χ3v) is 5.81. The second kappa shape index (κ2) is 8.23. The van der Waals surface area contributed by atoms with Gasteiger partial charge in [0, 0.05) is 38.3 Å². The minimum absolute atomic E-state index is 0.167. The predicted molar refractivity (Wildman–Crippen MR) is 104 cm³/mol. The molecule has 0 radical (unpaired) electrons. The molecule has 25 heavy (non-hydrogen) atoms. The van der Waals surface area contributed by atoms with Gasteiger partial charge >= 0.3 is 0 Å². The number of amidine groups is 1. The standard InChI is InChI=1S/C19H34N6/c1-15(2)23-11-7-16(8-12-23)24-9-4-10-25(14-13-24)18-6-3-5-17(22-18)19(20)21/h3,5-6,15-17,22H,4,7-14H2,1-2H3,(H3,20,21). The van der Waals surface area contributed by atoms with Crippen LogP contribution in [-0.2, 0) is 0 Å². The number of dihydropyridines is 1. The maximum Gasteiger partial charge on any atom is 0.118 e. The molecular weight excluding hydrogens is 312 g/mol. The Hall–Kier alpha value is -1.53. The Kier molecular flexibility index (Phi) is 6.02. The lowest BCUT2D eigenvalue weighted by atomic mass is 10.0. The van der Waals surface area contributed by atoms with Crippen LogP contribution in [0.15, 0.2) is 24.0 Å². The molecule has 0 spiro atoms. The summed E-state index contributed by atoms with van der Waals surface area (Å²) in [5, 5.41) is 11.0. The van der Waals surface area contributed by atoms with Crippen molar-refractivity contribution in [2.75, 3.05) is 39.3 Å². The minimum Gasteiger partial charge on any atom is -0.386 e. The number of rotatable bonds is 4. The average Bonchev–Trinajstić information content (AvgIpc) is 2.88. The van der Waals surface area contributed by atoms with Crippen LogP contribution >= 0.6 is 0 Å². The van der Waals surface area contributed by atoms with Gasteiger partial charge in [-0.15, -0.1) is 0 Å². The zero-order valence-corrected chi connectivity index (χ0v) is 15.7. The third kappa shape index (κ3) is 4.55. The van der Waals surface area contributed by atoms with E-state index in [4.69, 9.17) is 11.1 Å². The van der Waals surface area contributed by atoms with Crippen molar-refractivity contribution in [3.05, 3.63) is 24.0 Å². The molecule has 4 N–H and O–H groups in total. The molecule has 6 heteroatoms. The summed E-state index contributed by atoms with van der Waals surface area (Å²) >= 11 is 0. The summed E-state index contributed by atoms with van der Waals surface area (Å²) in [4.78, 5) is 7.73. The van der Waals surface area contributed by atoms with E-state index in [9.17, 15) is 0 Å². The van der Waals surface area contributed by atoms with Crippen LogP contribution in [0.25, 0.3) is 0 Å². The van der Waals surface area contributed by atoms with Gasteiger partial charge < -0.3 is 20.9 Å². The number of allylic oxidation sites excluding steroid dienone is 2. The molecule has 0 aliphatic carbocycles. The topological polar surface area (TPSA) is 71.6 Å².